The summed E-state index contributed by atoms with van der Waals surface area (Å²) in [7, 11) is 1.55. The highest BCUT2D eigenvalue weighted by Crippen LogP contribution is 2.36. The van der Waals surface area contributed by atoms with Crippen LogP contribution in [0.2, 0.25) is 0 Å². The van der Waals surface area contributed by atoms with E-state index in [1.165, 1.54) is 6.07 Å². The second-order valence-corrected chi connectivity index (χ2v) is 8.46. The SMILES string of the molecule is COc1cccc(C(=O)N2CCN(c3ncc(-c4ccccc4)c4nc(C(F)(F)F)ccc34)CC2)c1. The highest BCUT2D eigenvalue weighted by atomic mass is 19.4. The van der Waals surface area contributed by atoms with Crippen LogP contribution in [0.1, 0.15) is 16.1 Å². The van der Waals surface area contributed by atoms with Gasteiger partial charge in [0.2, 0.25) is 0 Å². The van der Waals surface area contributed by atoms with Crippen LogP contribution in [-0.2, 0) is 6.18 Å². The maximum Gasteiger partial charge on any atom is 0.433 e. The molecule has 0 radical (unpaired) electrons. The van der Waals surface area contributed by atoms with Crippen LogP contribution in [0.4, 0.5) is 19.0 Å². The lowest BCUT2D eigenvalue weighted by molar-refractivity contribution is -0.140. The van der Waals surface area contributed by atoms with Crippen molar-refractivity contribution < 1.29 is 22.7 Å². The predicted molar refractivity (Wildman–Crippen MR) is 131 cm³/mol. The maximum absolute atomic E-state index is 13.5. The first-order chi connectivity index (χ1) is 17.3. The van der Waals surface area contributed by atoms with Crippen molar-refractivity contribution in [2.24, 2.45) is 0 Å². The average molecular weight is 493 g/mol. The lowest BCUT2D eigenvalue weighted by Crippen LogP contribution is -2.49. The molecule has 0 spiro atoms. The third kappa shape index (κ3) is 4.56. The topological polar surface area (TPSA) is 58.6 Å². The van der Waals surface area contributed by atoms with E-state index in [0.29, 0.717) is 54.3 Å². The van der Waals surface area contributed by atoms with Gasteiger partial charge in [0.1, 0.15) is 17.3 Å². The molecule has 2 aromatic heterocycles. The molecule has 3 heterocycles. The number of anilines is 1. The van der Waals surface area contributed by atoms with Gasteiger partial charge in [-0.15, -0.1) is 0 Å². The van der Waals surface area contributed by atoms with Crippen molar-refractivity contribution in [2.75, 3.05) is 38.2 Å². The van der Waals surface area contributed by atoms with Gasteiger partial charge in [-0.1, -0.05) is 36.4 Å². The summed E-state index contributed by atoms with van der Waals surface area (Å²) >= 11 is 0. The van der Waals surface area contributed by atoms with Gasteiger partial charge in [-0.3, -0.25) is 4.79 Å². The van der Waals surface area contributed by atoms with Crippen LogP contribution in [0.5, 0.6) is 5.75 Å². The number of piperazine rings is 1. The fourth-order valence-corrected chi connectivity index (χ4v) is 4.40. The zero-order valence-corrected chi connectivity index (χ0v) is 19.5. The number of amides is 1. The Balaban J connectivity index is 1.45. The van der Waals surface area contributed by atoms with E-state index in [1.54, 1.807) is 42.5 Å². The monoisotopic (exact) mass is 492 g/mol. The van der Waals surface area contributed by atoms with Gasteiger partial charge in [-0.05, 0) is 35.9 Å². The molecule has 0 N–H and O–H groups in total. The van der Waals surface area contributed by atoms with Gasteiger partial charge in [0.05, 0.1) is 12.6 Å². The van der Waals surface area contributed by atoms with Crippen molar-refractivity contribution in [3.05, 3.63) is 84.2 Å². The van der Waals surface area contributed by atoms with Crippen molar-refractivity contribution in [1.82, 2.24) is 14.9 Å². The summed E-state index contributed by atoms with van der Waals surface area (Å²) in [5, 5.41) is 0.539. The number of benzene rings is 2. The second-order valence-electron chi connectivity index (χ2n) is 8.46. The summed E-state index contributed by atoms with van der Waals surface area (Å²) in [5.74, 6) is 1.07. The quantitative estimate of drug-likeness (QED) is 0.388. The number of aromatic nitrogens is 2. The number of alkyl halides is 3. The minimum atomic E-state index is -4.56. The van der Waals surface area contributed by atoms with E-state index in [0.717, 1.165) is 11.6 Å². The maximum atomic E-state index is 13.5. The third-order valence-corrected chi connectivity index (χ3v) is 6.27. The molecular weight excluding hydrogens is 469 g/mol. The third-order valence-electron chi connectivity index (χ3n) is 6.27. The highest BCUT2D eigenvalue weighted by molar-refractivity contribution is 5.99. The number of hydrogen-bond acceptors (Lipinski definition) is 5. The Labute approximate surface area is 206 Å². The summed E-state index contributed by atoms with van der Waals surface area (Å²) in [6, 6.07) is 18.6. The Morgan fingerprint density at radius 2 is 1.69 bits per heavy atom. The fourth-order valence-electron chi connectivity index (χ4n) is 4.40. The molecule has 2 aromatic carbocycles. The number of carbonyl (C=O) groups excluding carboxylic acids is 1. The van der Waals surface area contributed by atoms with Gasteiger partial charge < -0.3 is 14.5 Å². The number of fused-ring (bicyclic) bond motifs is 1. The van der Waals surface area contributed by atoms with Crippen LogP contribution in [-0.4, -0.2) is 54.1 Å². The molecule has 0 aliphatic carbocycles. The average Bonchev–Trinajstić information content (AvgIpc) is 2.92. The van der Waals surface area contributed by atoms with Crippen LogP contribution in [0.15, 0.2) is 72.9 Å². The Hall–Kier alpha value is -4.14. The molecule has 9 heteroatoms. The fraction of sp³-hybridized carbons (Fsp3) is 0.222. The number of rotatable bonds is 4. The van der Waals surface area contributed by atoms with Crippen LogP contribution in [0.3, 0.4) is 0 Å². The van der Waals surface area contributed by atoms with E-state index in [4.69, 9.17) is 4.74 Å². The molecule has 0 atom stereocenters. The summed E-state index contributed by atoms with van der Waals surface area (Å²) in [6.07, 6.45) is -2.98. The molecule has 1 aliphatic heterocycles. The second kappa shape index (κ2) is 9.49. The molecule has 184 valence electrons. The zero-order valence-electron chi connectivity index (χ0n) is 19.5. The predicted octanol–water partition coefficient (Wildman–Crippen LogP) is 5.29. The summed E-state index contributed by atoms with van der Waals surface area (Å²) in [5.41, 5.74) is 1.12. The number of halogens is 3. The van der Waals surface area contributed by atoms with E-state index in [-0.39, 0.29) is 11.4 Å². The van der Waals surface area contributed by atoms with Crippen molar-refractivity contribution >= 4 is 22.6 Å². The minimum Gasteiger partial charge on any atom is -0.497 e. The Morgan fingerprint density at radius 1 is 0.944 bits per heavy atom. The van der Waals surface area contributed by atoms with Crippen molar-refractivity contribution in [3.63, 3.8) is 0 Å². The summed E-state index contributed by atoms with van der Waals surface area (Å²) in [4.78, 5) is 25.4. The van der Waals surface area contributed by atoms with Crippen LogP contribution >= 0.6 is 0 Å². The van der Waals surface area contributed by atoms with Crippen LogP contribution in [0, 0.1) is 0 Å². The number of carbonyl (C=O) groups is 1. The number of ether oxygens (including phenoxy) is 1. The largest absolute Gasteiger partial charge is 0.497 e. The Kier molecular flexibility index (Phi) is 6.22. The first-order valence-electron chi connectivity index (χ1n) is 11.5. The lowest BCUT2D eigenvalue weighted by atomic mass is 10.0. The van der Waals surface area contributed by atoms with E-state index in [2.05, 4.69) is 9.97 Å². The molecule has 0 saturated carbocycles. The first kappa shape index (κ1) is 23.6. The molecule has 4 aromatic rings. The molecule has 1 saturated heterocycles. The summed E-state index contributed by atoms with van der Waals surface area (Å²) < 4.78 is 45.6. The molecule has 0 unspecified atom stereocenters. The highest BCUT2D eigenvalue weighted by Gasteiger charge is 2.33. The molecule has 1 amide bonds. The normalized spacial score (nSPS) is 14.2. The van der Waals surface area contributed by atoms with E-state index in [1.807, 2.05) is 35.2 Å². The zero-order chi connectivity index (χ0) is 25.3. The number of nitrogens with zero attached hydrogens (tertiary/aromatic N) is 4. The minimum absolute atomic E-state index is 0.0951. The van der Waals surface area contributed by atoms with E-state index in [9.17, 15) is 18.0 Å². The first-order valence-corrected chi connectivity index (χ1v) is 11.5. The molecule has 0 bridgehead atoms. The van der Waals surface area contributed by atoms with Crippen LogP contribution < -0.4 is 9.64 Å². The lowest BCUT2D eigenvalue weighted by Gasteiger charge is -2.36. The Morgan fingerprint density at radius 3 is 2.39 bits per heavy atom. The van der Waals surface area contributed by atoms with Gasteiger partial charge in [0, 0.05) is 48.9 Å². The van der Waals surface area contributed by atoms with Gasteiger partial charge in [-0.25, -0.2) is 9.97 Å². The number of pyridine rings is 2. The van der Waals surface area contributed by atoms with Crippen molar-refractivity contribution in [1.29, 1.82) is 0 Å². The van der Waals surface area contributed by atoms with E-state index >= 15 is 0 Å². The van der Waals surface area contributed by atoms with Gasteiger partial charge in [0.25, 0.3) is 5.91 Å². The summed E-state index contributed by atoms with van der Waals surface area (Å²) in [6.45, 7) is 1.88. The molecule has 6 nitrogen and oxygen atoms in total. The molecular formula is C27H23F3N4O2. The molecule has 5 rings (SSSR count). The van der Waals surface area contributed by atoms with Gasteiger partial charge in [0.15, 0.2) is 0 Å². The van der Waals surface area contributed by atoms with Crippen LogP contribution in [0.25, 0.3) is 22.0 Å². The van der Waals surface area contributed by atoms with Gasteiger partial charge >= 0.3 is 6.18 Å². The standard InChI is InChI=1S/C27H23F3N4O2/c1-36-20-9-5-8-19(16-20)26(35)34-14-12-33(13-15-34)25-21-10-11-23(27(28,29)30)32-24(21)22(17-31-25)18-6-3-2-4-7-18/h2-11,16-17H,12-15H2,1H3. The van der Waals surface area contributed by atoms with Crippen molar-refractivity contribution in [3.8, 4) is 16.9 Å². The smallest absolute Gasteiger partial charge is 0.433 e. The molecule has 1 aliphatic rings. The van der Waals surface area contributed by atoms with Gasteiger partial charge in [-0.2, -0.15) is 13.2 Å². The molecule has 1 fully saturated rings. The van der Waals surface area contributed by atoms with E-state index < -0.39 is 11.9 Å². The Bertz CT molecular complexity index is 1400. The number of methoxy groups -OCH3 is 1. The number of hydrogen-bond donors (Lipinski definition) is 0. The van der Waals surface area contributed by atoms with Crippen molar-refractivity contribution in [2.45, 2.75) is 6.18 Å². The molecule has 36 heavy (non-hydrogen) atoms.